The van der Waals surface area contributed by atoms with Crippen molar-refractivity contribution in [1.82, 2.24) is 9.80 Å². The molecule has 0 N–H and O–H groups in total. The first-order valence-electron chi connectivity index (χ1n) is 7.94. The first kappa shape index (κ1) is 16.0. The third-order valence-corrected chi connectivity index (χ3v) is 4.45. The Balaban J connectivity index is 1.57. The molecule has 0 bridgehead atoms. The molecule has 0 aromatic heterocycles. The zero-order valence-corrected chi connectivity index (χ0v) is 14.1. The Morgan fingerprint density at radius 3 is 2.48 bits per heavy atom. The van der Waals surface area contributed by atoms with E-state index < -0.39 is 0 Å². The summed E-state index contributed by atoms with van der Waals surface area (Å²) in [4.78, 5) is 16.9. The molecule has 120 valence electrons. The molecule has 0 spiro atoms. The molecule has 0 atom stereocenters. The van der Waals surface area contributed by atoms with E-state index >= 15 is 0 Å². The molecule has 1 saturated heterocycles. The highest BCUT2D eigenvalue weighted by Crippen LogP contribution is 2.15. The van der Waals surface area contributed by atoms with Gasteiger partial charge in [-0.3, -0.25) is 9.69 Å². The summed E-state index contributed by atoms with van der Waals surface area (Å²) in [5.74, 6) is 0.135. The number of aryl methyl sites for hydroxylation is 1. The van der Waals surface area contributed by atoms with E-state index in [1.807, 2.05) is 54.3 Å². The van der Waals surface area contributed by atoms with Gasteiger partial charge in [0.15, 0.2) is 0 Å². The maximum Gasteiger partial charge on any atom is 0.253 e. The Labute approximate surface area is 142 Å². The van der Waals surface area contributed by atoms with Gasteiger partial charge in [0, 0.05) is 43.3 Å². The molecule has 3 rings (SSSR count). The average Bonchev–Trinajstić information content (AvgIpc) is 2.55. The normalized spacial score (nSPS) is 15.7. The molecule has 0 radical (unpaired) electrons. The van der Waals surface area contributed by atoms with Gasteiger partial charge in [-0.25, -0.2) is 0 Å². The Bertz CT molecular complexity index is 693. The minimum atomic E-state index is 0.135. The Kier molecular flexibility index (Phi) is 4.99. The fourth-order valence-electron chi connectivity index (χ4n) is 2.96. The van der Waals surface area contributed by atoms with Gasteiger partial charge >= 0.3 is 0 Å². The summed E-state index contributed by atoms with van der Waals surface area (Å²) in [5, 5.41) is 0.774. The van der Waals surface area contributed by atoms with E-state index in [0.717, 1.165) is 48.9 Å². The van der Waals surface area contributed by atoms with Crippen LogP contribution >= 0.6 is 11.6 Å². The number of hydrogen-bond acceptors (Lipinski definition) is 2. The first-order chi connectivity index (χ1) is 11.1. The number of nitrogens with zero attached hydrogens (tertiary/aromatic N) is 2. The fraction of sp³-hybridized carbons (Fsp3) is 0.316. The number of amides is 1. The lowest BCUT2D eigenvalue weighted by Crippen LogP contribution is -2.48. The number of halogens is 1. The van der Waals surface area contributed by atoms with Crippen LogP contribution in [0.2, 0.25) is 5.02 Å². The molecule has 3 nitrogen and oxygen atoms in total. The SMILES string of the molecule is Cc1cccc(C(=O)N2CCN(Cc3cccc(Cl)c3)CC2)c1. The van der Waals surface area contributed by atoms with E-state index in [0.29, 0.717) is 0 Å². The van der Waals surface area contributed by atoms with Gasteiger partial charge in [-0.05, 0) is 36.8 Å². The predicted molar refractivity (Wildman–Crippen MR) is 93.8 cm³/mol. The lowest BCUT2D eigenvalue weighted by Gasteiger charge is -2.34. The number of carbonyl (C=O) groups is 1. The van der Waals surface area contributed by atoms with E-state index in [1.165, 1.54) is 5.56 Å². The smallest absolute Gasteiger partial charge is 0.253 e. The van der Waals surface area contributed by atoms with Crippen molar-refractivity contribution >= 4 is 17.5 Å². The van der Waals surface area contributed by atoms with Crippen LogP contribution in [0.3, 0.4) is 0 Å². The standard InChI is InChI=1S/C19H21ClN2O/c1-15-4-2-6-17(12-15)19(23)22-10-8-21(9-11-22)14-16-5-3-7-18(20)13-16/h2-7,12-13H,8-11,14H2,1H3. The van der Waals surface area contributed by atoms with Crippen LogP contribution < -0.4 is 0 Å². The van der Waals surface area contributed by atoms with Crippen LogP contribution in [0.15, 0.2) is 48.5 Å². The lowest BCUT2D eigenvalue weighted by atomic mass is 10.1. The summed E-state index contributed by atoms with van der Waals surface area (Å²) < 4.78 is 0. The zero-order valence-electron chi connectivity index (χ0n) is 13.3. The quantitative estimate of drug-likeness (QED) is 0.859. The maximum atomic E-state index is 12.6. The minimum Gasteiger partial charge on any atom is -0.336 e. The van der Waals surface area contributed by atoms with Crippen molar-refractivity contribution in [2.45, 2.75) is 13.5 Å². The van der Waals surface area contributed by atoms with Gasteiger partial charge in [0.25, 0.3) is 5.91 Å². The van der Waals surface area contributed by atoms with Crippen LogP contribution in [0.25, 0.3) is 0 Å². The summed E-state index contributed by atoms with van der Waals surface area (Å²) in [5.41, 5.74) is 3.12. The number of hydrogen-bond donors (Lipinski definition) is 0. The second kappa shape index (κ2) is 7.16. The third-order valence-electron chi connectivity index (χ3n) is 4.22. The van der Waals surface area contributed by atoms with Gasteiger partial charge in [-0.15, -0.1) is 0 Å². The van der Waals surface area contributed by atoms with E-state index in [-0.39, 0.29) is 5.91 Å². The van der Waals surface area contributed by atoms with E-state index in [9.17, 15) is 4.79 Å². The number of rotatable bonds is 3. The van der Waals surface area contributed by atoms with Crippen molar-refractivity contribution in [3.63, 3.8) is 0 Å². The number of benzene rings is 2. The zero-order chi connectivity index (χ0) is 16.2. The highest BCUT2D eigenvalue weighted by atomic mass is 35.5. The Morgan fingerprint density at radius 2 is 1.78 bits per heavy atom. The molecule has 1 aliphatic rings. The van der Waals surface area contributed by atoms with Gasteiger partial charge in [0.2, 0.25) is 0 Å². The fourth-order valence-corrected chi connectivity index (χ4v) is 3.18. The summed E-state index contributed by atoms with van der Waals surface area (Å²) >= 11 is 6.04. The number of piperazine rings is 1. The molecule has 23 heavy (non-hydrogen) atoms. The van der Waals surface area contributed by atoms with Crippen molar-refractivity contribution in [2.24, 2.45) is 0 Å². The molecular weight excluding hydrogens is 308 g/mol. The second-order valence-corrected chi connectivity index (χ2v) is 6.50. The van der Waals surface area contributed by atoms with Gasteiger partial charge < -0.3 is 4.90 Å². The Morgan fingerprint density at radius 1 is 1.04 bits per heavy atom. The maximum absolute atomic E-state index is 12.6. The largest absolute Gasteiger partial charge is 0.336 e. The number of carbonyl (C=O) groups excluding carboxylic acids is 1. The van der Waals surface area contributed by atoms with Crippen LogP contribution in [0.5, 0.6) is 0 Å². The average molecular weight is 329 g/mol. The summed E-state index contributed by atoms with van der Waals surface area (Å²) in [6.07, 6.45) is 0. The van der Waals surface area contributed by atoms with Gasteiger partial charge in [0.1, 0.15) is 0 Å². The van der Waals surface area contributed by atoms with Crippen LogP contribution in [-0.4, -0.2) is 41.9 Å². The molecule has 2 aromatic rings. The van der Waals surface area contributed by atoms with Crippen LogP contribution in [0, 0.1) is 6.92 Å². The lowest BCUT2D eigenvalue weighted by molar-refractivity contribution is 0.0628. The van der Waals surface area contributed by atoms with Crippen molar-refractivity contribution in [3.05, 3.63) is 70.2 Å². The molecular formula is C19H21ClN2O. The van der Waals surface area contributed by atoms with Gasteiger partial charge in [-0.1, -0.05) is 41.4 Å². The van der Waals surface area contributed by atoms with Gasteiger partial charge in [-0.2, -0.15) is 0 Å². The molecule has 1 amide bonds. The summed E-state index contributed by atoms with van der Waals surface area (Å²) in [6.45, 7) is 6.22. The summed E-state index contributed by atoms with van der Waals surface area (Å²) in [7, 11) is 0. The monoisotopic (exact) mass is 328 g/mol. The van der Waals surface area contributed by atoms with Crippen LogP contribution in [0.1, 0.15) is 21.5 Å². The first-order valence-corrected chi connectivity index (χ1v) is 8.32. The van der Waals surface area contributed by atoms with Crippen LogP contribution in [-0.2, 0) is 6.54 Å². The molecule has 1 heterocycles. The molecule has 0 aliphatic carbocycles. The van der Waals surface area contributed by atoms with Crippen molar-refractivity contribution in [3.8, 4) is 0 Å². The van der Waals surface area contributed by atoms with Crippen molar-refractivity contribution in [2.75, 3.05) is 26.2 Å². The third kappa shape index (κ3) is 4.12. The summed E-state index contributed by atoms with van der Waals surface area (Å²) in [6, 6.07) is 15.8. The molecule has 2 aromatic carbocycles. The van der Waals surface area contributed by atoms with E-state index in [1.54, 1.807) is 0 Å². The Hall–Kier alpha value is -1.84. The minimum absolute atomic E-state index is 0.135. The highest BCUT2D eigenvalue weighted by molar-refractivity contribution is 6.30. The van der Waals surface area contributed by atoms with Crippen molar-refractivity contribution < 1.29 is 4.79 Å². The van der Waals surface area contributed by atoms with E-state index in [4.69, 9.17) is 11.6 Å². The topological polar surface area (TPSA) is 23.6 Å². The predicted octanol–water partition coefficient (Wildman–Crippen LogP) is 3.61. The molecule has 1 fully saturated rings. The molecule has 0 unspecified atom stereocenters. The molecule has 4 heteroatoms. The van der Waals surface area contributed by atoms with Crippen LogP contribution in [0.4, 0.5) is 0 Å². The highest BCUT2D eigenvalue weighted by Gasteiger charge is 2.22. The van der Waals surface area contributed by atoms with Gasteiger partial charge in [0.05, 0.1) is 0 Å². The molecule has 1 aliphatic heterocycles. The van der Waals surface area contributed by atoms with E-state index in [2.05, 4.69) is 11.0 Å². The molecule has 0 saturated carbocycles. The second-order valence-electron chi connectivity index (χ2n) is 6.07. The van der Waals surface area contributed by atoms with Crippen molar-refractivity contribution in [1.29, 1.82) is 0 Å².